The van der Waals surface area contributed by atoms with E-state index in [0.29, 0.717) is 6.04 Å². The molecular weight excluding hydrogens is 204 g/mol. The standard InChI is InChI=1S/C12H14N2S/c1-13-12(9-10-5-4-8-15-10)11-6-2-3-7-14-11/h2-8,12-13H,9H2,1H3. The van der Waals surface area contributed by atoms with Gasteiger partial charge in [-0.3, -0.25) is 4.98 Å². The van der Waals surface area contributed by atoms with E-state index in [9.17, 15) is 0 Å². The molecule has 1 unspecified atom stereocenters. The average Bonchev–Trinajstić information content (AvgIpc) is 2.80. The van der Waals surface area contributed by atoms with Crippen molar-refractivity contribution in [3.63, 3.8) is 0 Å². The highest BCUT2D eigenvalue weighted by molar-refractivity contribution is 7.09. The number of rotatable bonds is 4. The molecule has 15 heavy (non-hydrogen) atoms. The Morgan fingerprint density at radius 3 is 2.87 bits per heavy atom. The normalized spacial score (nSPS) is 12.6. The first-order valence-corrected chi connectivity index (χ1v) is 5.88. The topological polar surface area (TPSA) is 24.9 Å². The average molecular weight is 218 g/mol. The fourth-order valence-electron chi connectivity index (χ4n) is 1.57. The molecule has 0 aromatic carbocycles. The molecule has 2 aromatic rings. The molecular formula is C12H14N2S. The Labute approximate surface area is 94.0 Å². The third-order valence-electron chi connectivity index (χ3n) is 2.38. The highest BCUT2D eigenvalue weighted by atomic mass is 32.1. The summed E-state index contributed by atoms with van der Waals surface area (Å²) in [6.07, 6.45) is 2.85. The minimum Gasteiger partial charge on any atom is -0.311 e. The number of thiophene rings is 1. The SMILES string of the molecule is CNC(Cc1cccs1)c1ccccn1. The molecule has 0 spiro atoms. The van der Waals surface area contributed by atoms with Gasteiger partial charge in [0.15, 0.2) is 0 Å². The minimum atomic E-state index is 0.310. The molecule has 0 aliphatic carbocycles. The van der Waals surface area contributed by atoms with E-state index in [2.05, 4.69) is 33.9 Å². The molecule has 0 fully saturated rings. The van der Waals surface area contributed by atoms with Gasteiger partial charge in [0, 0.05) is 17.5 Å². The quantitative estimate of drug-likeness (QED) is 0.853. The van der Waals surface area contributed by atoms with Gasteiger partial charge in [0.05, 0.1) is 11.7 Å². The highest BCUT2D eigenvalue weighted by Gasteiger charge is 2.10. The van der Waals surface area contributed by atoms with Crippen molar-refractivity contribution in [2.45, 2.75) is 12.5 Å². The number of likely N-dealkylation sites (N-methyl/N-ethyl adjacent to an activating group) is 1. The van der Waals surface area contributed by atoms with Gasteiger partial charge in [-0.15, -0.1) is 11.3 Å². The fraction of sp³-hybridized carbons (Fsp3) is 0.250. The number of nitrogens with zero attached hydrogens (tertiary/aromatic N) is 1. The van der Waals surface area contributed by atoms with Crippen LogP contribution in [0.4, 0.5) is 0 Å². The molecule has 78 valence electrons. The van der Waals surface area contributed by atoms with Crippen molar-refractivity contribution >= 4 is 11.3 Å². The van der Waals surface area contributed by atoms with E-state index in [-0.39, 0.29) is 0 Å². The molecule has 0 amide bonds. The van der Waals surface area contributed by atoms with Crippen LogP contribution in [-0.4, -0.2) is 12.0 Å². The Hall–Kier alpha value is -1.19. The number of hydrogen-bond acceptors (Lipinski definition) is 3. The summed E-state index contributed by atoms with van der Waals surface area (Å²) >= 11 is 1.79. The van der Waals surface area contributed by atoms with E-state index < -0.39 is 0 Å². The first-order valence-electron chi connectivity index (χ1n) is 5.00. The number of pyridine rings is 1. The zero-order chi connectivity index (χ0) is 10.5. The molecule has 1 N–H and O–H groups in total. The van der Waals surface area contributed by atoms with Crippen LogP contribution in [0, 0.1) is 0 Å². The van der Waals surface area contributed by atoms with Crippen LogP contribution in [0.2, 0.25) is 0 Å². The van der Waals surface area contributed by atoms with Gasteiger partial charge in [0.1, 0.15) is 0 Å². The van der Waals surface area contributed by atoms with Gasteiger partial charge in [-0.05, 0) is 30.6 Å². The summed E-state index contributed by atoms with van der Waals surface area (Å²) in [4.78, 5) is 5.76. The summed E-state index contributed by atoms with van der Waals surface area (Å²) in [7, 11) is 1.98. The smallest absolute Gasteiger partial charge is 0.0576 e. The zero-order valence-corrected chi connectivity index (χ0v) is 9.50. The largest absolute Gasteiger partial charge is 0.311 e. The Bertz CT molecular complexity index is 383. The lowest BCUT2D eigenvalue weighted by molar-refractivity contribution is 0.580. The van der Waals surface area contributed by atoms with Crippen LogP contribution in [0.25, 0.3) is 0 Å². The molecule has 0 bridgehead atoms. The van der Waals surface area contributed by atoms with E-state index in [1.165, 1.54) is 4.88 Å². The van der Waals surface area contributed by atoms with Gasteiger partial charge in [0.25, 0.3) is 0 Å². The van der Waals surface area contributed by atoms with Gasteiger partial charge in [0.2, 0.25) is 0 Å². The van der Waals surface area contributed by atoms with Crippen LogP contribution in [0.5, 0.6) is 0 Å². The van der Waals surface area contributed by atoms with E-state index in [0.717, 1.165) is 12.1 Å². The zero-order valence-electron chi connectivity index (χ0n) is 8.68. The molecule has 0 saturated heterocycles. The summed E-state index contributed by atoms with van der Waals surface area (Å²) in [6, 6.07) is 10.6. The van der Waals surface area contributed by atoms with Gasteiger partial charge in [-0.1, -0.05) is 12.1 Å². The van der Waals surface area contributed by atoms with Crippen LogP contribution in [0.3, 0.4) is 0 Å². The monoisotopic (exact) mass is 218 g/mol. The Morgan fingerprint density at radius 2 is 2.27 bits per heavy atom. The van der Waals surface area contributed by atoms with Crippen molar-refractivity contribution in [1.29, 1.82) is 0 Å². The lowest BCUT2D eigenvalue weighted by atomic mass is 10.1. The first-order chi connectivity index (χ1) is 7.40. The van der Waals surface area contributed by atoms with Crippen molar-refractivity contribution in [3.8, 4) is 0 Å². The van der Waals surface area contributed by atoms with Gasteiger partial charge >= 0.3 is 0 Å². The van der Waals surface area contributed by atoms with Crippen LogP contribution in [0.1, 0.15) is 16.6 Å². The second-order valence-corrected chi connectivity index (χ2v) is 4.41. The molecule has 2 nitrogen and oxygen atoms in total. The van der Waals surface area contributed by atoms with Crippen LogP contribution in [-0.2, 0) is 6.42 Å². The summed E-state index contributed by atoms with van der Waals surface area (Å²) in [6.45, 7) is 0. The molecule has 2 heterocycles. The van der Waals surface area contributed by atoms with E-state index >= 15 is 0 Å². The second-order valence-electron chi connectivity index (χ2n) is 3.38. The molecule has 1 atom stereocenters. The van der Waals surface area contributed by atoms with Gasteiger partial charge < -0.3 is 5.32 Å². The molecule has 0 saturated carbocycles. The van der Waals surface area contributed by atoms with Crippen molar-refractivity contribution in [1.82, 2.24) is 10.3 Å². The predicted molar refractivity (Wildman–Crippen MR) is 64.1 cm³/mol. The van der Waals surface area contributed by atoms with Crippen LogP contribution >= 0.6 is 11.3 Å². The van der Waals surface area contributed by atoms with Crippen LogP contribution < -0.4 is 5.32 Å². The maximum Gasteiger partial charge on any atom is 0.0576 e. The predicted octanol–water partition coefficient (Wildman–Crippen LogP) is 2.65. The van der Waals surface area contributed by atoms with E-state index in [1.54, 1.807) is 11.3 Å². The third-order valence-corrected chi connectivity index (χ3v) is 3.28. The number of aromatic nitrogens is 1. The number of hydrogen-bond donors (Lipinski definition) is 1. The van der Waals surface area contributed by atoms with Gasteiger partial charge in [-0.2, -0.15) is 0 Å². The highest BCUT2D eigenvalue weighted by Crippen LogP contribution is 2.19. The molecule has 2 aromatic heterocycles. The van der Waals surface area contributed by atoms with Crippen molar-refractivity contribution < 1.29 is 0 Å². The van der Waals surface area contributed by atoms with E-state index in [4.69, 9.17) is 0 Å². The lowest BCUT2D eigenvalue weighted by Gasteiger charge is -2.14. The summed E-state index contributed by atoms with van der Waals surface area (Å²) < 4.78 is 0. The lowest BCUT2D eigenvalue weighted by Crippen LogP contribution is -2.19. The Kier molecular flexibility index (Phi) is 3.48. The molecule has 3 heteroatoms. The third kappa shape index (κ3) is 2.64. The molecule has 0 aliphatic rings. The summed E-state index contributed by atoms with van der Waals surface area (Å²) in [5, 5.41) is 5.41. The van der Waals surface area contributed by atoms with E-state index in [1.807, 2.05) is 25.4 Å². The Balaban J connectivity index is 2.12. The Morgan fingerprint density at radius 1 is 1.33 bits per heavy atom. The van der Waals surface area contributed by atoms with Crippen molar-refractivity contribution in [3.05, 3.63) is 52.5 Å². The van der Waals surface area contributed by atoms with Crippen molar-refractivity contribution in [2.24, 2.45) is 0 Å². The first kappa shape index (κ1) is 10.3. The van der Waals surface area contributed by atoms with Gasteiger partial charge in [-0.25, -0.2) is 0 Å². The maximum absolute atomic E-state index is 4.37. The van der Waals surface area contributed by atoms with Crippen molar-refractivity contribution in [2.75, 3.05) is 7.05 Å². The van der Waals surface area contributed by atoms with Crippen LogP contribution in [0.15, 0.2) is 41.9 Å². The maximum atomic E-state index is 4.37. The number of nitrogens with one attached hydrogen (secondary N) is 1. The molecule has 2 rings (SSSR count). The second kappa shape index (κ2) is 5.05. The minimum absolute atomic E-state index is 0.310. The molecule has 0 aliphatic heterocycles. The summed E-state index contributed by atoms with van der Waals surface area (Å²) in [5.74, 6) is 0. The fourth-order valence-corrected chi connectivity index (χ4v) is 2.32. The molecule has 0 radical (unpaired) electrons. The summed E-state index contributed by atoms with van der Waals surface area (Å²) in [5.41, 5.74) is 1.11.